The van der Waals surface area contributed by atoms with Crippen LogP contribution >= 0.6 is 11.3 Å². The topological polar surface area (TPSA) is 77.0 Å². The van der Waals surface area contributed by atoms with Crippen molar-refractivity contribution in [1.29, 1.82) is 0 Å². The molecule has 1 atom stereocenters. The number of nitrogens with zero attached hydrogens (tertiary/aromatic N) is 4. The first-order chi connectivity index (χ1) is 16.3. The summed E-state index contributed by atoms with van der Waals surface area (Å²) in [7, 11) is 0. The van der Waals surface area contributed by atoms with E-state index in [9.17, 15) is 14.7 Å². The largest absolute Gasteiger partial charge is 0.503 e. The van der Waals surface area contributed by atoms with Crippen LogP contribution in [0.2, 0.25) is 0 Å². The zero-order chi connectivity index (χ0) is 25.0. The van der Waals surface area contributed by atoms with Crippen LogP contribution in [0.3, 0.4) is 0 Å². The highest BCUT2D eigenvalue weighted by Gasteiger charge is 2.44. The molecule has 8 heteroatoms. The van der Waals surface area contributed by atoms with Crippen LogP contribution in [0.15, 0.2) is 35.6 Å². The Balaban J connectivity index is 2.04. The first-order valence-corrected chi connectivity index (χ1v) is 12.9. The fourth-order valence-electron chi connectivity index (χ4n) is 4.57. The number of aliphatic hydroxyl groups excluding tert-OH is 1. The van der Waals surface area contributed by atoms with Crippen molar-refractivity contribution in [3.05, 3.63) is 56.7 Å². The summed E-state index contributed by atoms with van der Waals surface area (Å²) in [5.74, 6) is -1.27. The number of carbonyl (C=O) groups is 2. The van der Waals surface area contributed by atoms with Gasteiger partial charge in [-0.15, -0.1) is 11.3 Å². The highest BCUT2D eigenvalue weighted by atomic mass is 32.1. The van der Waals surface area contributed by atoms with Crippen LogP contribution in [-0.4, -0.2) is 70.8 Å². The predicted molar refractivity (Wildman–Crippen MR) is 138 cm³/mol. The van der Waals surface area contributed by atoms with Gasteiger partial charge in [-0.25, -0.2) is 4.98 Å². The minimum Gasteiger partial charge on any atom is -0.503 e. The van der Waals surface area contributed by atoms with Crippen LogP contribution in [0.25, 0.3) is 0 Å². The minimum atomic E-state index is -0.636. The van der Waals surface area contributed by atoms with Crippen LogP contribution in [0.1, 0.15) is 59.7 Å². The molecule has 2 aromatic rings. The van der Waals surface area contributed by atoms with Crippen molar-refractivity contribution in [2.24, 2.45) is 0 Å². The first-order valence-electron chi connectivity index (χ1n) is 12.1. The summed E-state index contributed by atoms with van der Waals surface area (Å²) in [5.41, 5.74) is 2.67. The van der Waals surface area contributed by atoms with E-state index in [0.29, 0.717) is 23.7 Å². The number of ketones is 1. The van der Waals surface area contributed by atoms with Crippen molar-refractivity contribution >= 4 is 28.7 Å². The predicted octanol–water partition coefficient (Wildman–Crippen LogP) is 4.53. The lowest BCUT2D eigenvalue weighted by Gasteiger charge is -2.30. The van der Waals surface area contributed by atoms with Gasteiger partial charge in [0.05, 0.1) is 27.2 Å². The normalized spacial score (nSPS) is 16.1. The van der Waals surface area contributed by atoms with Gasteiger partial charge in [0.2, 0.25) is 5.78 Å². The number of amides is 1. The van der Waals surface area contributed by atoms with Crippen molar-refractivity contribution in [2.45, 2.75) is 47.6 Å². The summed E-state index contributed by atoms with van der Waals surface area (Å²) in [6, 6.07) is 7.34. The number of rotatable bonds is 11. The Morgan fingerprint density at radius 1 is 1.06 bits per heavy atom. The van der Waals surface area contributed by atoms with Crippen molar-refractivity contribution in [2.75, 3.05) is 44.2 Å². The zero-order valence-corrected chi connectivity index (χ0v) is 21.9. The molecule has 0 saturated carbocycles. The zero-order valence-electron chi connectivity index (χ0n) is 21.1. The molecule has 184 valence electrons. The number of hydrogen-bond donors (Lipinski definition) is 1. The average molecular weight is 485 g/mol. The molecular formula is C26H36N4O3S. The lowest BCUT2D eigenvalue weighted by atomic mass is 9.94. The number of thiazole rings is 1. The van der Waals surface area contributed by atoms with E-state index in [4.69, 9.17) is 0 Å². The van der Waals surface area contributed by atoms with Crippen LogP contribution in [0, 0.1) is 13.8 Å². The van der Waals surface area contributed by atoms with Gasteiger partial charge in [-0.2, -0.15) is 0 Å². The fourth-order valence-corrected chi connectivity index (χ4v) is 5.45. The molecule has 1 aliphatic rings. The van der Waals surface area contributed by atoms with Crippen molar-refractivity contribution in [1.82, 2.24) is 14.8 Å². The van der Waals surface area contributed by atoms with E-state index in [1.165, 1.54) is 11.3 Å². The second-order valence-corrected chi connectivity index (χ2v) is 9.63. The molecule has 0 aliphatic carbocycles. The second kappa shape index (κ2) is 11.1. The summed E-state index contributed by atoms with van der Waals surface area (Å²) >= 11 is 1.30. The third-order valence-corrected chi connectivity index (χ3v) is 7.62. The maximum atomic E-state index is 13.6. The molecule has 0 bridgehead atoms. The van der Waals surface area contributed by atoms with Gasteiger partial charge in [0.1, 0.15) is 0 Å². The number of aryl methyl sites for hydroxylation is 2. The fraction of sp³-hybridized carbons (Fsp3) is 0.500. The number of benzene rings is 1. The lowest BCUT2D eigenvalue weighted by molar-refractivity contribution is -0.129. The lowest BCUT2D eigenvalue weighted by Crippen LogP contribution is -2.38. The molecule has 1 aromatic carbocycles. The van der Waals surface area contributed by atoms with E-state index in [-0.39, 0.29) is 11.4 Å². The van der Waals surface area contributed by atoms with Gasteiger partial charge in [0.15, 0.2) is 5.76 Å². The highest BCUT2D eigenvalue weighted by molar-refractivity contribution is 7.14. The number of aromatic nitrogens is 1. The van der Waals surface area contributed by atoms with Gasteiger partial charge in [0, 0.05) is 31.9 Å². The Labute approximate surface area is 206 Å². The third-order valence-electron chi connectivity index (χ3n) is 6.55. The van der Waals surface area contributed by atoms with E-state index in [2.05, 4.69) is 42.5 Å². The van der Waals surface area contributed by atoms with Gasteiger partial charge < -0.3 is 19.8 Å². The molecule has 7 nitrogen and oxygen atoms in total. The molecule has 1 unspecified atom stereocenters. The van der Waals surface area contributed by atoms with E-state index in [1.807, 2.05) is 31.2 Å². The van der Waals surface area contributed by atoms with E-state index in [1.54, 1.807) is 11.8 Å². The third kappa shape index (κ3) is 5.03. The SMILES string of the molecule is CCN(CC)CCN1C(=O)C(O)=C(C(=O)c2sc(C)nc2C)C1c1ccc(N(CC)CC)cc1. The highest BCUT2D eigenvalue weighted by Crippen LogP contribution is 2.40. The maximum Gasteiger partial charge on any atom is 0.290 e. The summed E-state index contributed by atoms with van der Waals surface area (Å²) < 4.78 is 0. The quantitative estimate of drug-likeness (QED) is 0.473. The Hall–Kier alpha value is -2.71. The molecule has 1 aromatic heterocycles. The summed E-state index contributed by atoms with van der Waals surface area (Å²) in [6.07, 6.45) is 0. The molecule has 1 aliphatic heterocycles. The molecule has 0 fully saturated rings. The van der Waals surface area contributed by atoms with Crippen LogP contribution in [0.4, 0.5) is 5.69 Å². The Morgan fingerprint density at radius 2 is 1.68 bits per heavy atom. The average Bonchev–Trinajstić information content (AvgIpc) is 3.30. The maximum absolute atomic E-state index is 13.6. The standard InChI is InChI=1S/C26H36N4O3S/c1-7-28(8-2)15-16-30-22(19-11-13-20(14-12-19)29(9-3)10-4)21(24(32)26(30)33)23(31)25-17(5)27-18(6)34-25/h11-14,22,32H,7-10,15-16H2,1-6H3. The molecule has 3 rings (SSSR count). The molecule has 0 spiro atoms. The van der Waals surface area contributed by atoms with Crippen molar-refractivity contribution in [3.63, 3.8) is 0 Å². The molecule has 0 saturated heterocycles. The van der Waals surface area contributed by atoms with E-state index >= 15 is 0 Å². The number of anilines is 1. The smallest absolute Gasteiger partial charge is 0.290 e. The first kappa shape index (κ1) is 25.9. The van der Waals surface area contributed by atoms with Crippen LogP contribution < -0.4 is 4.90 Å². The number of likely N-dealkylation sites (N-methyl/N-ethyl adjacent to an activating group) is 1. The Kier molecular flexibility index (Phi) is 8.49. The molecule has 1 amide bonds. The van der Waals surface area contributed by atoms with E-state index < -0.39 is 17.7 Å². The van der Waals surface area contributed by atoms with Gasteiger partial charge in [-0.05, 0) is 58.5 Å². The Morgan fingerprint density at radius 3 is 2.18 bits per heavy atom. The molecule has 2 heterocycles. The monoisotopic (exact) mass is 484 g/mol. The van der Waals surface area contributed by atoms with Gasteiger partial charge in [-0.1, -0.05) is 26.0 Å². The number of hydrogen-bond acceptors (Lipinski definition) is 7. The van der Waals surface area contributed by atoms with E-state index in [0.717, 1.165) is 42.4 Å². The number of Topliss-reactive ketones (excluding diaryl/α,β-unsaturated/α-hetero) is 1. The van der Waals surface area contributed by atoms with Gasteiger partial charge >= 0.3 is 0 Å². The van der Waals surface area contributed by atoms with Crippen molar-refractivity contribution < 1.29 is 14.7 Å². The number of aliphatic hydroxyl groups is 1. The molecule has 0 radical (unpaired) electrons. The Bertz CT molecular complexity index is 1050. The minimum absolute atomic E-state index is 0.145. The molecule has 1 N–H and O–H groups in total. The number of carbonyl (C=O) groups excluding carboxylic acids is 2. The van der Waals surface area contributed by atoms with Gasteiger partial charge in [-0.3, -0.25) is 9.59 Å². The second-order valence-electron chi connectivity index (χ2n) is 8.43. The summed E-state index contributed by atoms with van der Waals surface area (Å²) in [6.45, 7) is 16.6. The molecular weight excluding hydrogens is 448 g/mol. The summed E-state index contributed by atoms with van der Waals surface area (Å²) in [4.78, 5) is 37.8. The summed E-state index contributed by atoms with van der Waals surface area (Å²) in [5, 5.41) is 11.7. The van der Waals surface area contributed by atoms with Crippen LogP contribution in [0.5, 0.6) is 0 Å². The van der Waals surface area contributed by atoms with Crippen LogP contribution in [-0.2, 0) is 4.79 Å². The van der Waals surface area contributed by atoms with Gasteiger partial charge in [0.25, 0.3) is 5.91 Å². The van der Waals surface area contributed by atoms with Crippen molar-refractivity contribution in [3.8, 4) is 0 Å². The molecule has 34 heavy (non-hydrogen) atoms.